The summed E-state index contributed by atoms with van der Waals surface area (Å²) in [4.78, 5) is 10.6. The number of hydrogen-bond acceptors (Lipinski definition) is 4. The van der Waals surface area contributed by atoms with E-state index < -0.39 is 0 Å². The standard InChI is InChI=1S/C8H12O2S2/c1-6(9)2-3-8(11)10-4-7-5-12-7/h7H,2-5H2,1H3/t7-/m0/s1. The fourth-order valence-corrected chi connectivity index (χ4v) is 1.27. The number of ether oxygens (including phenoxy) is 1. The van der Waals surface area contributed by atoms with E-state index in [-0.39, 0.29) is 5.78 Å². The fourth-order valence-electron chi connectivity index (χ4n) is 0.700. The van der Waals surface area contributed by atoms with Gasteiger partial charge in [0, 0.05) is 23.8 Å². The van der Waals surface area contributed by atoms with Gasteiger partial charge in [-0.1, -0.05) is 0 Å². The minimum absolute atomic E-state index is 0.168. The predicted molar refractivity (Wildman–Crippen MR) is 54.7 cm³/mol. The monoisotopic (exact) mass is 204 g/mol. The molecule has 0 aromatic heterocycles. The Morgan fingerprint density at radius 2 is 2.33 bits per heavy atom. The number of thiocarbonyl (C=S) groups is 1. The Morgan fingerprint density at radius 3 is 2.83 bits per heavy atom. The summed E-state index contributed by atoms with van der Waals surface area (Å²) < 4.78 is 5.27. The molecule has 2 nitrogen and oxygen atoms in total. The van der Waals surface area contributed by atoms with Crippen molar-refractivity contribution in [3.63, 3.8) is 0 Å². The number of carbonyl (C=O) groups is 1. The van der Waals surface area contributed by atoms with Crippen LogP contribution in [0.2, 0.25) is 0 Å². The number of ketones is 1. The molecule has 1 fully saturated rings. The van der Waals surface area contributed by atoms with Gasteiger partial charge < -0.3 is 9.53 Å². The van der Waals surface area contributed by atoms with Crippen molar-refractivity contribution < 1.29 is 9.53 Å². The van der Waals surface area contributed by atoms with Crippen LogP contribution < -0.4 is 0 Å². The van der Waals surface area contributed by atoms with Gasteiger partial charge in [-0.3, -0.25) is 0 Å². The van der Waals surface area contributed by atoms with Crippen molar-refractivity contribution in [3.8, 4) is 0 Å². The van der Waals surface area contributed by atoms with Gasteiger partial charge in [0.1, 0.15) is 12.4 Å². The van der Waals surface area contributed by atoms with Gasteiger partial charge in [-0.2, -0.15) is 11.8 Å². The van der Waals surface area contributed by atoms with Crippen LogP contribution in [0, 0.1) is 0 Å². The average molecular weight is 204 g/mol. The molecule has 0 aromatic rings. The van der Waals surface area contributed by atoms with E-state index in [1.165, 1.54) is 5.75 Å². The smallest absolute Gasteiger partial charge is 0.160 e. The van der Waals surface area contributed by atoms with Crippen molar-refractivity contribution in [2.24, 2.45) is 0 Å². The second-order valence-electron chi connectivity index (χ2n) is 2.84. The zero-order chi connectivity index (χ0) is 8.97. The Balaban J connectivity index is 1.98. The van der Waals surface area contributed by atoms with Crippen molar-refractivity contribution in [1.82, 2.24) is 0 Å². The predicted octanol–water partition coefficient (Wildman–Crippen LogP) is 1.81. The summed E-state index contributed by atoms with van der Waals surface area (Å²) in [6, 6.07) is 0. The molecule has 0 amide bonds. The summed E-state index contributed by atoms with van der Waals surface area (Å²) >= 11 is 6.82. The molecule has 1 aliphatic rings. The quantitative estimate of drug-likeness (QED) is 0.504. The molecule has 1 aliphatic heterocycles. The van der Waals surface area contributed by atoms with E-state index in [1.54, 1.807) is 6.92 Å². The molecule has 0 aliphatic carbocycles. The molecule has 0 radical (unpaired) electrons. The van der Waals surface area contributed by atoms with Crippen LogP contribution in [0.1, 0.15) is 19.8 Å². The summed E-state index contributed by atoms with van der Waals surface area (Å²) in [6.07, 6.45) is 1.11. The van der Waals surface area contributed by atoms with E-state index >= 15 is 0 Å². The third kappa shape index (κ3) is 4.72. The lowest BCUT2D eigenvalue weighted by atomic mass is 10.2. The number of hydrogen-bond donors (Lipinski definition) is 0. The Morgan fingerprint density at radius 1 is 1.67 bits per heavy atom. The summed E-state index contributed by atoms with van der Waals surface area (Å²) in [6.45, 7) is 2.29. The zero-order valence-corrected chi connectivity index (χ0v) is 8.67. The maximum atomic E-state index is 10.6. The van der Waals surface area contributed by atoms with E-state index in [0.29, 0.717) is 23.1 Å². The van der Waals surface area contributed by atoms with Crippen molar-refractivity contribution in [3.05, 3.63) is 0 Å². The minimum Gasteiger partial charge on any atom is -0.486 e. The lowest BCUT2D eigenvalue weighted by molar-refractivity contribution is -0.116. The highest BCUT2D eigenvalue weighted by atomic mass is 32.2. The largest absolute Gasteiger partial charge is 0.486 e. The van der Waals surface area contributed by atoms with E-state index in [9.17, 15) is 4.79 Å². The minimum atomic E-state index is 0.168. The molecule has 0 N–H and O–H groups in total. The Hall–Kier alpha value is -0.0900. The molecule has 0 bridgehead atoms. The molecule has 0 saturated carbocycles. The molecular weight excluding hydrogens is 192 g/mol. The van der Waals surface area contributed by atoms with Gasteiger partial charge in [0.15, 0.2) is 5.05 Å². The molecule has 1 atom stereocenters. The van der Waals surface area contributed by atoms with Crippen LogP contribution in [0.25, 0.3) is 0 Å². The van der Waals surface area contributed by atoms with Gasteiger partial charge in [0.25, 0.3) is 0 Å². The third-order valence-corrected chi connectivity index (χ3v) is 2.78. The second-order valence-corrected chi connectivity index (χ2v) is 4.63. The van der Waals surface area contributed by atoms with Crippen LogP contribution in [-0.4, -0.2) is 28.4 Å². The lowest BCUT2D eigenvalue weighted by Gasteiger charge is -2.03. The number of rotatable bonds is 5. The Kier molecular flexibility index (Phi) is 4.01. The van der Waals surface area contributed by atoms with E-state index in [4.69, 9.17) is 17.0 Å². The highest BCUT2D eigenvalue weighted by Gasteiger charge is 2.23. The molecule has 1 rings (SSSR count). The highest BCUT2D eigenvalue weighted by molar-refractivity contribution is 8.06. The van der Waals surface area contributed by atoms with Crippen LogP contribution in [0.5, 0.6) is 0 Å². The van der Waals surface area contributed by atoms with E-state index in [2.05, 4.69) is 0 Å². The van der Waals surface area contributed by atoms with Crippen molar-refractivity contribution in [2.75, 3.05) is 12.4 Å². The zero-order valence-electron chi connectivity index (χ0n) is 7.04. The topological polar surface area (TPSA) is 26.3 Å². The number of thioether (sulfide) groups is 1. The molecule has 68 valence electrons. The van der Waals surface area contributed by atoms with Crippen LogP contribution in [0.4, 0.5) is 0 Å². The molecule has 1 heterocycles. The second kappa shape index (κ2) is 4.82. The molecule has 0 aromatic carbocycles. The summed E-state index contributed by atoms with van der Waals surface area (Å²) in [5.74, 6) is 1.36. The lowest BCUT2D eigenvalue weighted by Crippen LogP contribution is -2.08. The van der Waals surface area contributed by atoms with E-state index in [1.807, 2.05) is 11.8 Å². The number of carbonyl (C=O) groups excluding carboxylic acids is 1. The first-order valence-corrected chi connectivity index (χ1v) is 5.41. The molecule has 0 spiro atoms. The molecule has 4 heteroatoms. The van der Waals surface area contributed by atoms with Gasteiger partial charge in [-0.15, -0.1) is 0 Å². The molecule has 12 heavy (non-hydrogen) atoms. The first kappa shape index (κ1) is 9.99. The van der Waals surface area contributed by atoms with Gasteiger partial charge in [0.05, 0.1) is 0 Å². The first-order valence-electron chi connectivity index (χ1n) is 3.95. The van der Waals surface area contributed by atoms with Crippen molar-refractivity contribution >= 4 is 34.8 Å². The van der Waals surface area contributed by atoms with Gasteiger partial charge in [-0.25, -0.2) is 0 Å². The molecule has 1 saturated heterocycles. The Bertz CT molecular complexity index is 187. The normalized spacial score (nSPS) is 20.2. The van der Waals surface area contributed by atoms with Crippen molar-refractivity contribution in [1.29, 1.82) is 0 Å². The van der Waals surface area contributed by atoms with Crippen LogP contribution in [-0.2, 0) is 9.53 Å². The van der Waals surface area contributed by atoms with Crippen molar-refractivity contribution in [2.45, 2.75) is 25.0 Å². The maximum absolute atomic E-state index is 10.6. The molecule has 0 unspecified atom stereocenters. The third-order valence-electron chi connectivity index (χ3n) is 1.51. The van der Waals surface area contributed by atoms with Gasteiger partial charge in [-0.05, 0) is 19.1 Å². The van der Waals surface area contributed by atoms with Crippen LogP contribution in [0.15, 0.2) is 0 Å². The van der Waals surface area contributed by atoms with E-state index in [0.717, 1.165) is 6.61 Å². The first-order chi connectivity index (χ1) is 5.68. The van der Waals surface area contributed by atoms with Crippen LogP contribution >= 0.6 is 24.0 Å². The van der Waals surface area contributed by atoms with Gasteiger partial charge in [0.2, 0.25) is 0 Å². The fraction of sp³-hybridized carbons (Fsp3) is 0.750. The summed E-state index contributed by atoms with van der Waals surface area (Å²) in [5.41, 5.74) is 0. The van der Waals surface area contributed by atoms with Gasteiger partial charge >= 0.3 is 0 Å². The number of Topliss-reactive ketones (excluding diaryl/α,β-unsaturated/α-hetero) is 1. The molecular formula is C8H12O2S2. The Labute approximate surface area is 82.0 Å². The summed E-state index contributed by atoms with van der Waals surface area (Å²) in [5, 5.41) is 1.23. The SMILES string of the molecule is CC(=O)CCC(=S)OC[C@H]1CS1. The van der Waals surface area contributed by atoms with Crippen LogP contribution in [0.3, 0.4) is 0 Å². The summed E-state index contributed by atoms with van der Waals surface area (Å²) in [7, 11) is 0. The highest BCUT2D eigenvalue weighted by Crippen LogP contribution is 2.30. The average Bonchev–Trinajstić information content (AvgIpc) is 2.80. The maximum Gasteiger partial charge on any atom is 0.160 e.